The minimum absolute atomic E-state index is 0.310. The third-order valence-electron chi connectivity index (χ3n) is 3.91. The smallest absolute Gasteiger partial charge is 0.241 e. The summed E-state index contributed by atoms with van der Waals surface area (Å²) in [5, 5.41) is 0. The van der Waals surface area contributed by atoms with Gasteiger partial charge in [-0.25, -0.2) is 13.1 Å². The quantitative estimate of drug-likeness (QED) is 0.833. The van der Waals surface area contributed by atoms with Crippen LogP contribution in [0.2, 0.25) is 0 Å². The average Bonchev–Trinajstić information content (AvgIpc) is 3.23. The van der Waals surface area contributed by atoms with Crippen LogP contribution < -0.4 is 10.5 Å². The molecule has 0 aliphatic heterocycles. The maximum Gasteiger partial charge on any atom is 0.241 e. The molecule has 0 spiro atoms. The maximum atomic E-state index is 12.4. The maximum absolute atomic E-state index is 12.4. The lowest BCUT2D eigenvalue weighted by atomic mass is 9.98. The molecule has 4 nitrogen and oxygen atoms in total. The summed E-state index contributed by atoms with van der Waals surface area (Å²) in [7, 11) is -3.49. The number of nitrogens with two attached hydrogens (primary N) is 1. The molecule has 1 aliphatic rings. The number of aryl methyl sites for hydroxylation is 1. The molecule has 1 unspecified atom stereocenters. The van der Waals surface area contributed by atoms with E-state index in [1.807, 2.05) is 26.0 Å². The summed E-state index contributed by atoms with van der Waals surface area (Å²) >= 11 is 0. The fourth-order valence-electron chi connectivity index (χ4n) is 2.28. The van der Waals surface area contributed by atoms with Gasteiger partial charge < -0.3 is 5.73 Å². The zero-order valence-electron chi connectivity index (χ0n) is 11.5. The van der Waals surface area contributed by atoms with Crippen LogP contribution in [0.1, 0.15) is 32.3 Å². The second kappa shape index (κ2) is 5.23. The summed E-state index contributed by atoms with van der Waals surface area (Å²) in [6.07, 6.45) is 2.99. The Labute approximate surface area is 115 Å². The standard InChI is InChI=1S/C14H22N2O2S/c1-3-11-4-8-13(9-5-11)19(17,18)16-14(2,10-15)12-6-7-12/h4-5,8-9,12,16H,3,6-7,10,15H2,1-2H3. The molecule has 1 aromatic rings. The number of benzene rings is 1. The zero-order valence-corrected chi connectivity index (χ0v) is 12.3. The molecular weight excluding hydrogens is 260 g/mol. The van der Waals surface area contributed by atoms with Gasteiger partial charge in [-0.05, 0) is 49.8 Å². The molecule has 106 valence electrons. The first-order chi connectivity index (χ1) is 8.91. The van der Waals surface area contributed by atoms with E-state index in [0.29, 0.717) is 17.4 Å². The van der Waals surface area contributed by atoms with E-state index >= 15 is 0 Å². The molecule has 0 bridgehead atoms. The summed E-state index contributed by atoms with van der Waals surface area (Å²) in [5.41, 5.74) is 6.35. The van der Waals surface area contributed by atoms with Crippen LogP contribution in [-0.4, -0.2) is 20.5 Å². The Morgan fingerprint density at radius 1 is 1.32 bits per heavy atom. The first-order valence-corrected chi connectivity index (χ1v) is 8.22. The van der Waals surface area contributed by atoms with E-state index in [4.69, 9.17) is 5.73 Å². The number of sulfonamides is 1. The van der Waals surface area contributed by atoms with Crippen LogP contribution in [0.15, 0.2) is 29.2 Å². The number of nitrogens with one attached hydrogen (secondary N) is 1. The lowest BCUT2D eigenvalue weighted by Gasteiger charge is -2.29. The molecule has 3 N–H and O–H groups in total. The molecule has 0 saturated heterocycles. The lowest BCUT2D eigenvalue weighted by molar-refractivity contribution is 0.374. The van der Waals surface area contributed by atoms with Gasteiger partial charge in [-0.3, -0.25) is 0 Å². The first-order valence-electron chi connectivity index (χ1n) is 6.74. The van der Waals surface area contributed by atoms with Gasteiger partial charge in [0, 0.05) is 12.1 Å². The Hall–Kier alpha value is -0.910. The SMILES string of the molecule is CCc1ccc(S(=O)(=O)NC(C)(CN)C2CC2)cc1. The topological polar surface area (TPSA) is 72.2 Å². The third-order valence-corrected chi connectivity index (χ3v) is 5.54. The van der Waals surface area contributed by atoms with Gasteiger partial charge in [0.15, 0.2) is 0 Å². The molecule has 0 heterocycles. The normalized spacial score (nSPS) is 19.1. The van der Waals surface area contributed by atoms with Crippen LogP contribution in [0.25, 0.3) is 0 Å². The summed E-state index contributed by atoms with van der Waals surface area (Å²) in [5.74, 6) is 0.363. The Bertz CT molecular complexity index is 535. The van der Waals surface area contributed by atoms with Gasteiger partial charge in [-0.1, -0.05) is 19.1 Å². The molecule has 19 heavy (non-hydrogen) atoms. The van der Waals surface area contributed by atoms with Crippen molar-refractivity contribution >= 4 is 10.0 Å². The van der Waals surface area contributed by atoms with Crippen molar-refractivity contribution in [1.29, 1.82) is 0 Å². The molecule has 1 saturated carbocycles. The molecule has 1 atom stereocenters. The average molecular weight is 282 g/mol. The monoisotopic (exact) mass is 282 g/mol. The Kier molecular flexibility index (Phi) is 3.99. The van der Waals surface area contributed by atoms with Gasteiger partial charge in [-0.2, -0.15) is 0 Å². The highest BCUT2D eigenvalue weighted by atomic mass is 32.2. The summed E-state index contributed by atoms with van der Waals surface area (Å²) in [4.78, 5) is 0.310. The van der Waals surface area contributed by atoms with E-state index in [0.717, 1.165) is 24.8 Å². The van der Waals surface area contributed by atoms with E-state index in [9.17, 15) is 8.42 Å². The van der Waals surface area contributed by atoms with Crippen molar-refractivity contribution in [3.05, 3.63) is 29.8 Å². The highest BCUT2D eigenvalue weighted by Gasteiger charge is 2.43. The van der Waals surface area contributed by atoms with Crippen LogP contribution in [0.4, 0.5) is 0 Å². The molecule has 0 radical (unpaired) electrons. The minimum atomic E-state index is -3.49. The molecule has 0 amide bonds. The Balaban J connectivity index is 2.21. The van der Waals surface area contributed by atoms with Gasteiger partial charge in [-0.15, -0.1) is 0 Å². The largest absolute Gasteiger partial charge is 0.329 e. The molecule has 1 aromatic carbocycles. The number of rotatable bonds is 6. The third kappa shape index (κ3) is 3.16. The van der Waals surface area contributed by atoms with Crippen molar-refractivity contribution in [2.75, 3.05) is 6.54 Å². The molecule has 1 fully saturated rings. The number of hydrogen-bond acceptors (Lipinski definition) is 3. The Morgan fingerprint density at radius 3 is 2.32 bits per heavy atom. The minimum Gasteiger partial charge on any atom is -0.329 e. The van der Waals surface area contributed by atoms with Crippen LogP contribution in [0, 0.1) is 5.92 Å². The van der Waals surface area contributed by atoms with Gasteiger partial charge in [0.1, 0.15) is 0 Å². The van der Waals surface area contributed by atoms with E-state index in [1.54, 1.807) is 12.1 Å². The number of hydrogen-bond donors (Lipinski definition) is 2. The predicted octanol–water partition coefficient (Wildman–Crippen LogP) is 1.65. The highest BCUT2D eigenvalue weighted by Crippen LogP contribution is 2.39. The predicted molar refractivity (Wildman–Crippen MR) is 76.3 cm³/mol. The zero-order chi connectivity index (χ0) is 14.1. The van der Waals surface area contributed by atoms with Gasteiger partial charge in [0.05, 0.1) is 4.90 Å². The van der Waals surface area contributed by atoms with Crippen LogP contribution in [0.5, 0.6) is 0 Å². The van der Waals surface area contributed by atoms with Gasteiger partial charge >= 0.3 is 0 Å². The van der Waals surface area contributed by atoms with Gasteiger partial charge in [0.25, 0.3) is 0 Å². The lowest BCUT2D eigenvalue weighted by Crippen LogP contribution is -2.52. The van der Waals surface area contributed by atoms with Crippen LogP contribution in [0.3, 0.4) is 0 Å². The second-order valence-corrected chi connectivity index (χ2v) is 7.18. The van der Waals surface area contributed by atoms with Crippen LogP contribution in [-0.2, 0) is 16.4 Å². The highest BCUT2D eigenvalue weighted by molar-refractivity contribution is 7.89. The Morgan fingerprint density at radius 2 is 1.89 bits per heavy atom. The molecule has 1 aliphatic carbocycles. The summed E-state index contributed by atoms with van der Waals surface area (Å²) < 4.78 is 27.5. The molecular formula is C14H22N2O2S. The second-order valence-electron chi connectivity index (χ2n) is 5.50. The van der Waals surface area contributed by atoms with Crippen molar-refractivity contribution in [1.82, 2.24) is 4.72 Å². The van der Waals surface area contributed by atoms with Crippen molar-refractivity contribution in [3.63, 3.8) is 0 Å². The van der Waals surface area contributed by atoms with Gasteiger partial charge in [0.2, 0.25) is 10.0 Å². The van der Waals surface area contributed by atoms with E-state index in [1.165, 1.54) is 0 Å². The summed E-state index contributed by atoms with van der Waals surface area (Å²) in [6.45, 7) is 4.26. The fourth-order valence-corrected chi connectivity index (χ4v) is 3.76. The fraction of sp³-hybridized carbons (Fsp3) is 0.571. The summed E-state index contributed by atoms with van der Waals surface area (Å²) in [6, 6.07) is 7.02. The molecule has 2 rings (SSSR count). The van der Waals surface area contributed by atoms with E-state index in [-0.39, 0.29) is 0 Å². The van der Waals surface area contributed by atoms with Crippen LogP contribution >= 0.6 is 0 Å². The molecule has 0 aromatic heterocycles. The van der Waals surface area contributed by atoms with Crippen molar-refractivity contribution in [2.24, 2.45) is 11.7 Å². The van der Waals surface area contributed by atoms with E-state index in [2.05, 4.69) is 4.72 Å². The van der Waals surface area contributed by atoms with Crippen molar-refractivity contribution < 1.29 is 8.42 Å². The van der Waals surface area contributed by atoms with Crippen molar-refractivity contribution in [3.8, 4) is 0 Å². The first kappa shape index (κ1) is 14.5. The van der Waals surface area contributed by atoms with Crippen molar-refractivity contribution in [2.45, 2.75) is 43.5 Å². The molecule has 5 heteroatoms. The van der Waals surface area contributed by atoms with E-state index < -0.39 is 15.6 Å².